The van der Waals surface area contributed by atoms with Gasteiger partial charge in [0.15, 0.2) is 0 Å². The molecule has 1 atom stereocenters. The van der Waals surface area contributed by atoms with Crippen molar-refractivity contribution in [2.45, 2.75) is 25.7 Å². The molecule has 0 aliphatic carbocycles. The highest BCUT2D eigenvalue weighted by Gasteiger charge is 2.21. The number of nitrogens with one attached hydrogen (secondary N) is 2. The number of carbonyl (C=O) groups is 2. The molecule has 2 aliphatic heterocycles. The number of hydrogen-bond acceptors (Lipinski definition) is 3. The van der Waals surface area contributed by atoms with Crippen LogP contribution in [0.25, 0.3) is 0 Å². The third kappa shape index (κ3) is 3.42. The van der Waals surface area contributed by atoms with Gasteiger partial charge in [-0.25, -0.2) is 0 Å². The molecule has 2 fully saturated rings. The largest absolute Gasteiger partial charge is 0.326 e. The SMILES string of the molecule is O=C(CC1CCNC1)Nc1ccc(N2CCCC2=O)cc1. The average Bonchev–Trinajstić information content (AvgIpc) is 3.11. The van der Waals surface area contributed by atoms with E-state index in [4.69, 9.17) is 0 Å². The fourth-order valence-corrected chi connectivity index (χ4v) is 3.01. The Morgan fingerprint density at radius 3 is 2.76 bits per heavy atom. The van der Waals surface area contributed by atoms with Crippen LogP contribution in [0.5, 0.6) is 0 Å². The van der Waals surface area contributed by atoms with Crippen LogP contribution < -0.4 is 15.5 Å². The number of rotatable bonds is 4. The summed E-state index contributed by atoms with van der Waals surface area (Å²) in [4.78, 5) is 25.4. The van der Waals surface area contributed by atoms with Crippen molar-refractivity contribution in [2.24, 2.45) is 5.92 Å². The lowest BCUT2D eigenvalue weighted by atomic mass is 10.0. The van der Waals surface area contributed by atoms with Crippen molar-refractivity contribution >= 4 is 23.2 Å². The Labute approximate surface area is 124 Å². The second-order valence-corrected chi connectivity index (χ2v) is 5.81. The van der Waals surface area contributed by atoms with Gasteiger partial charge in [-0.2, -0.15) is 0 Å². The summed E-state index contributed by atoms with van der Waals surface area (Å²) in [6.07, 6.45) is 3.20. The van der Waals surface area contributed by atoms with Gasteiger partial charge in [-0.05, 0) is 56.1 Å². The molecule has 2 aliphatic rings. The summed E-state index contributed by atoms with van der Waals surface area (Å²) in [5, 5.41) is 6.19. The van der Waals surface area contributed by atoms with Crippen molar-refractivity contribution < 1.29 is 9.59 Å². The molecule has 5 nitrogen and oxygen atoms in total. The highest BCUT2D eigenvalue weighted by molar-refractivity contribution is 5.96. The molecule has 21 heavy (non-hydrogen) atoms. The lowest BCUT2D eigenvalue weighted by Crippen LogP contribution is -2.23. The van der Waals surface area contributed by atoms with Gasteiger partial charge in [0.05, 0.1) is 0 Å². The standard InChI is InChI=1S/C16H21N3O2/c20-15(10-12-7-8-17-11-12)18-13-3-5-14(6-4-13)19-9-1-2-16(19)21/h3-6,12,17H,1-2,7-11H2,(H,18,20). The zero-order valence-corrected chi connectivity index (χ0v) is 12.1. The van der Waals surface area contributed by atoms with Crippen molar-refractivity contribution in [3.63, 3.8) is 0 Å². The van der Waals surface area contributed by atoms with Crippen LogP contribution in [0.15, 0.2) is 24.3 Å². The third-order valence-electron chi connectivity index (χ3n) is 4.17. The van der Waals surface area contributed by atoms with E-state index in [1.165, 1.54) is 0 Å². The zero-order chi connectivity index (χ0) is 14.7. The van der Waals surface area contributed by atoms with E-state index in [0.29, 0.717) is 18.8 Å². The molecule has 0 saturated carbocycles. The van der Waals surface area contributed by atoms with Gasteiger partial charge in [-0.15, -0.1) is 0 Å². The first-order valence-corrected chi connectivity index (χ1v) is 7.63. The molecular formula is C16H21N3O2. The van der Waals surface area contributed by atoms with Crippen molar-refractivity contribution in [3.05, 3.63) is 24.3 Å². The van der Waals surface area contributed by atoms with Gasteiger partial charge in [0.2, 0.25) is 11.8 Å². The molecule has 112 valence electrons. The van der Waals surface area contributed by atoms with Crippen LogP contribution in [0.1, 0.15) is 25.7 Å². The third-order valence-corrected chi connectivity index (χ3v) is 4.17. The van der Waals surface area contributed by atoms with Gasteiger partial charge in [0.1, 0.15) is 0 Å². The molecule has 0 radical (unpaired) electrons. The van der Waals surface area contributed by atoms with E-state index < -0.39 is 0 Å². The van der Waals surface area contributed by atoms with Crippen molar-refractivity contribution in [3.8, 4) is 0 Å². The summed E-state index contributed by atoms with van der Waals surface area (Å²) in [5.41, 5.74) is 1.71. The first-order valence-electron chi connectivity index (χ1n) is 7.63. The van der Waals surface area contributed by atoms with E-state index >= 15 is 0 Å². The highest BCUT2D eigenvalue weighted by Crippen LogP contribution is 2.23. The van der Waals surface area contributed by atoms with E-state index in [9.17, 15) is 9.59 Å². The van der Waals surface area contributed by atoms with E-state index in [2.05, 4.69) is 10.6 Å². The predicted octanol–water partition coefficient (Wildman–Crippen LogP) is 1.75. The summed E-state index contributed by atoms with van der Waals surface area (Å²) in [6, 6.07) is 7.53. The van der Waals surface area contributed by atoms with Gasteiger partial charge in [-0.1, -0.05) is 0 Å². The van der Waals surface area contributed by atoms with E-state index in [1.54, 1.807) is 4.90 Å². The fourth-order valence-electron chi connectivity index (χ4n) is 3.01. The predicted molar refractivity (Wildman–Crippen MR) is 82.3 cm³/mol. The first kappa shape index (κ1) is 14.1. The molecular weight excluding hydrogens is 266 g/mol. The molecule has 2 N–H and O–H groups in total. The highest BCUT2D eigenvalue weighted by atomic mass is 16.2. The summed E-state index contributed by atoms with van der Waals surface area (Å²) in [6.45, 7) is 2.74. The topological polar surface area (TPSA) is 61.4 Å². The lowest BCUT2D eigenvalue weighted by molar-refractivity contribution is -0.117. The number of nitrogens with zero attached hydrogens (tertiary/aromatic N) is 1. The maximum Gasteiger partial charge on any atom is 0.227 e. The van der Waals surface area contributed by atoms with Gasteiger partial charge in [-0.3, -0.25) is 9.59 Å². The van der Waals surface area contributed by atoms with Crippen LogP contribution in [0.2, 0.25) is 0 Å². The maximum atomic E-state index is 12.0. The van der Waals surface area contributed by atoms with Crippen LogP contribution in [0, 0.1) is 5.92 Å². The Bertz CT molecular complexity index is 521. The Hall–Kier alpha value is -1.88. The number of carbonyl (C=O) groups excluding carboxylic acids is 2. The monoisotopic (exact) mass is 287 g/mol. The molecule has 0 bridgehead atoms. The van der Waals surface area contributed by atoms with Crippen LogP contribution in [-0.4, -0.2) is 31.4 Å². The van der Waals surface area contributed by atoms with Crippen molar-refractivity contribution in [1.82, 2.24) is 5.32 Å². The minimum absolute atomic E-state index is 0.0636. The van der Waals surface area contributed by atoms with E-state index in [0.717, 1.165) is 43.9 Å². The Morgan fingerprint density at radius 1 is 1.33 bits per heavy atom. The van der Waals surface area contributed by atoms with Crippen molar-refractivity contribution in [1.29, 1.82) is 0 Å². The first-order chi connectivity index (χ1) is 10.2. The quantitative estimate of drug-likeness (QED) is 0.887. The molecule has 1 unspecified atom stereocenters. The number of anilines is 2. The maximum absolute atomic E-state index is 12.0. The van der Waals surface area contributed by atoms with Gasteiger partial charge in [0, 0.05) is 30.8 Å². The van der Waals surface area contributed by atoms with E-state index in [-0.39, 0.29) is 11.8 Å². The lowest BCUT2D eigenvalue weighted by Gasteiger charge is -2.16. The fraction of sp³-hybridized carbons (Fsp3) is 0.500. The second kappa shape index (κ2) is 6.26. The normalized spacial score (nSPS) is 21.8. The molecule has 5 heteroatoms. The molecule has 2 heterocycles. The number of hydrogen-bond donors (Lipinski definition) is 2. The van der Waals surface area contributed by atoms with Crippen LogP contribution >= 0.6 is 0 Å². The van der Waals surface area contributed by atoms with Crippen LogP contribution in [0.3, 0.4) is 0 Å². The molecule has 0 spiro atoms. The molecule has 2 amide bonds. The summed E-state index contributed by atoms with van der Waals surface area (Å²) < 4.78 is 0. The van der Waals surface area contributed by atoms with Gasteiger partial charge >= 0.3 is 0 Å². The molecule has 1 aromatic carbocycles. The van der Waals surface area contributed by atoms with Crippen LogP contribution in [0.4, 0.5) is 11.4 Å². The molecule has 1 aromatic rings. The van der Waals surface area contributed by atoms with Crippen molar-refractivity contribution in [2.75, 3.05) is 29.9 Å². The number of amides is 2. The minimum atomic E-state index is 0.0636. The smallest absolute Gasteiger partial charge is 0.227 e. The second-order valence-electron chi connectivity index (χ2n) is 5.81. The summed E-state index contributed by atoms with van der Waals surface area (Å²) in [5.74, 6) is 0.695. The number of benzene rings is 1. The van der Waals surface area contributed by atoms with Gasteiger partial charge in [0.25, 0.3) is 0 Å². The summed E-state index contributed by atoms with van der Waals surface area (Å²) >= 11 is 0. The average molecular weight is 287 g/mol. The molecule has 2 saturated heterocycles. The van der Waals surface area contributed by atoms with Crippen LogP contribution in [-0.2, 0) is 9.59 Å². The zero-order valence-electron chi connectivity index (χ0n) is 12.1. The Morgan fingerprint density at radius 2 is 2.14 bits per heavy atom. The Balaban J connectivity index is 1.56. The molecule has 0 aromatic heterocycles. The molecule has 3 rings (SSSR count). The Kier molecular flexibility index (Phi) is 4.20. The van der Waals surface area contributed by atoms with E-state index in [1.807, 2.05) is 24.3 Å². The minimum Gasteiger partial charge on any atom is -0.326 e. The summed E-state index contributed by atoms with van der Waals surface area (Å²) in [7, 11) is 0. The van der Waals surface area contributed by atoms with Gasteiger partial charge < -0.3 is 15.5 Å².